The maximum atomic E-state index is 5.91. The summed E-state index contributed by atoms with van der Waals surface area (Å²) in [5.41, 5.74) is 11.6. The van der Waals surface area contributed by atoms with E-state index >= 15 is 0 Å². The summed E-state index contributed by atoms with van der Waals surface area (Å²) in [5.74, 6) is 0.443. The van der Waals surface area contributed by atoms with Crippen LogP contribution in [0.25, 0.3) is 0 Å². The molecule has 120 valence electrons. The van der Waals surface area contributed by atoms with Crippen LogP contribution in [-0.2, 0) is 13.5 Å². The van der Waals surface area contributed by atoms with Gasteiger partial charge in [0.1, 0.15) is 0 Å². The molecule has 22 heavy (non-hydrogen) atoms. The Morgan fingerprint density at radius 1 is 1.23 bits per heavy atom. The Balaban J connectivity index is 0.00000242. The number of benzene rings is 1. The quantitative estimate of drug-likeness (QED) is 0.460. The lowest BCUT2D eigenvalue weighted by atomic mass is 10.1. The predicted octanol–water partition coefficient (Wildman–Crippen LogP) is 2.93. The van der Waals surface area contributed by atoms with Gasteiger partial charge in [-0.15, -0.1) is 24.0 Å². The lowest BCUT2D eigenvalue weighted by molar-refractivity contribution is 0.730. The molecule has 0 aliphatic rings. The molecule has 0 aliphatic heterocycles. The highest BCUT2D eigenvalue weighted by Gasteiger charge is 2.08. The normalized spacial score (nSPS) is 11.2. The van der Waals surface area contributed by atoms with Gasteiger partial charge in [-0.1, -0.05) is 17.7 Å². The van der Waals surface area contributed by atoms with Crippen LogP contribution in [0.15, 0.2) is 29.3 Å². The van der Waals surface area contributed by atoms with Crippen molar-refractivity contribution >= 4 is 35.6 Å². The van der Waals surface area contributed by atoms with Gasteiger partial charge in [-0.25, -0.2) is 0 Å². The Hall–Kier alpha value is -1.57. The van der Waals surface area contributed by atoms with Crippen molar-refractivity contribution in [2.45, 2.75) is 27.2 Å². The van der Waals surface area contributed by atoms with Crippen molar-refractivity contribution in [1.29, 1.82) is 0 Å². The highest BCUT2D eigenvalue weighted by atomic mass is 127. The summed E-state index contributed by atoms with van der Waals surface area (Å²) in [6.07, 6.45) is 0.849. The average Bonchev–Trinajstić information content (AvgIpc) is 2.68. The molecule has 0 radical (unpaired) electrons. The predicted molar refractivity (Wildman–Crippen MR) is 103 cm³/mol. The van der Waals surface area contributed by atoms with E-state index in [1.807, 2.05) is 42.9 Å². The zero-order valence-electron chi connectivity index (χ0n) is 13.6. The zero-order chi connectivity index (χ0) is 15.4. The fourth-order valence-electron chi connectivity index (χ4n) is 2.29. The highest BCUT2D eigenvalue weighted by Crippen LogP contribution is 2.12. The molecule has 2 rings (SSSR count). The van der Waals surface area contributed by atoms with E-state index in [9.17, 15) is 0 Å². The van der Waals surface area contributed by atoms with E-state index in [0.717, 1.165) is 17.8 Å². The number of aliphatic imine (C=N–C) groups is 1. The van der Waals surface area contributed by atoms with Crippen molar-refractivity contribution in [3.8, 4) is 0 Å². The lowest BCUT2D eigenvalue weighted by Crippen LogP contribution is -2.23. The Morgan fingerprint density at radius 2 is 1.86 bits per heavy atom. The summed E-state index contributed by atoms with van der Waals surface area (Å²) in [6.45, 7) is 6.81. The number of nitrogens with zero attached hydrogens (tertiary/aromatic N) is 3. The SMILES string of the molecule is Cc1ccc(NC(N)=NCCc2c(C)nn(C)c2C)cc1.I. The van der Waals surface area contributed by atoms with E-state index in [0.29, 0.717) is 12.5 Å². The summed E-state index contributed by atoms with van der Waals surface area (Å²) in [4.78, 5) is 4.37. The van der Waals surface area contributed by atoms with E-state index in [4.69, 9.17) is 5.73 Å². The minimum Gasteiger partial charge on any atom is -0.370 e. The summed E-state index contributed by atoms with van der Waals surface area (Å²) in [5, 5.41) is 7.50. The number of anilines is 1. The molecular weight excluding hydrogens is 389 g/mol. The summed E-state index contributed by atoms with van der Waals surface area (Å²) in [7, 11) is 1.96. The minimum atomic E-state index is 0. The van der Waals surface area contributed by atoms with E-state index in [2.05, 4.69) is 29.3 Å². The lowest BCUT2D eigenvalue weighted by Gasteiger charge is -2.06. The summed E-state index contributed by atoms with van der Waals surface area (Å²) < 4.78 is 1.91. The smallest absolute Gasteiger partial charge is 0.193 e. The minimum absolute atomic E-state index is 0. The largest absolute Gasteiger partial charge is 0.370 e. The van der Waals surface area contributed by atoms with Crippen LogP contribution in [0.1, 0.15) is 22.5 Å². The molecule has 0 amide bonds. The number of hydrogen-bond acceptors (Lipinski definition) is 2. The van der Waals surface area contributed by atoms with E-state index in [1.54, 1.807) is 0 Å². The van der Waals surface area contributed by atoms with Crippen molar-refractivity contribution < 1.29 is 0 Å². The van der Waals surface area contributed by atoms with Crippen LogP contribution in [0.3, 0.4) is 0 Å². The Bertz CT molecular complexity index is 643. The molecule has 1 aromatic carbocycles. The van der Waals surface area contributed by atoms with Crippen molar-refractivity contribution in [2.24, 2.45) is 17.8 Å². The van der Waals surface area contributed by atoms with Gasteiger partial charge in [0.15, 0.2) is 5.96 Å². The summed E-state index contributed by atoms with van der Waals surface area (Å²) in [6, 6.07) is 8.07. The maximum absolute atomic E-state index is 5.91. The fourth-order valence-corrected chi connectivity index (χ4v) is 2.29. The first kappa shape index (κ1) is 18.5. The molecule has 0 spiro atoms. The van der Waals surface area contributed by atoms with Gasteiger partial charge in [0, 0.05) is 25.0 Å². The van der Waals surface area contributed by atoms with Gasteiger partial charge in [0.25, 0.3) is 0 Å². The third kappa shape index (κ3) is 4.72. The van der Waals surface area contributed by atoms with Crippen molar-refractivity contribution in [3.63, 3.8) is 0 Å². The molecule has 3 N–H and O–H groups in total. The van der Waals surface area contributed by atoms with Gasteiger partial charge < -0.3 is 11.1 Å². The molecule has 0 unspecified atom stereocenters. The second-order valence-corrected chi connectivity index (χ2v) is 5.28. The first-order chi connectivity index (χ1) is 9.97. The van der Waals surface area contributed by atoms with Gasteiger partial charge in [0.2, 0.25) is 0 Å². The molecule has 5 nitrogen and oxygen atoms in total. The van der Waals surface area contributed by atoms with Gasteiger partial charge in [-0.05, 0) is 44.9 Å². The van der Waals surface area contributed by atoms with E-state index < -0.39 is 0 Å². The third-order valence-corrected chi connectivity index (χ3v) is 3.63. The molecule has 0 aliphatic carbocycles. The monoisotopic (exact) mass is 413 g/mol. The molecule has 0 atom stereocenters. The number of aryl methyl sites for hydroxylation is 3. The van der Waals surface area contributed by atoms with Crippen LogP contribution in [0, 0.1) is 20.8 Å². The van der Waals surface area contributed by atoms with Crippen LogP contribution in [0.4, 0.5) is 5.69 Å². The van der Waals surface area contributed by atoms with Crippen LogP contribution in [0.5, 0.6) is 0 Å². The molecule has 1 heterocycles. The van der Waals surface area contributed by atoms with Gasteiger partial charge in [-0.2, -0.15) is 5.10 Å². The van der Waals surface area contributed by atoms with Crippen LogP contribution < -0.4 is 11.1 Å². The molecule has 0 saturated heterocycles. The van der Waals surface area contributed by atoms with Crippen LogP contribution in [-0.4, -0.2) is 22.3 Å². The highest BCUT2D eigenvalue weighted by molar-refractivity contribution is 14.0. The molecular formula is C16H24IN5. The molecule has 0 bridgehead atoms. The van der Waals surface area contributed by atoms with Gasteiger partial charge in [0.05, 0.1) is 5.69 Å². The van der Waals surface area contributed by atoms with E-state index in [-0.39, 0.29) is 24.0 Å². The van der Waals surface area contributed by atoms with E-state index in [1.165, 1.54) is 16.8 Å². The standard InChI is InChI=1S/C16H23N5.HI/c1-11-5-7-14(8-6-11)19-16(17)18-10-9-15-12(2)20-21(4)13(15)3;/h5-8H,9-10H2,1-4H3,(H3,17,18,19);1H. The van der Waals surface area contributed by atoms with Crippen molar-refractivity contribution in [2.75, 3.05) is 11.9 Å². The second kappa shape index (κ2) is 8.17. The number of guanidine groups is 1. The third-order valence-electron chi connectivity index (χ3n) is 3.63. The first-order valence-corrected chi connectivity index (χ1v) is 7.10. The molecule has 6 heteroatoms. The molecule has 0 saturated carbocycles. The fraction of sp³-hybridized carbons (Fsp3) is 0.375. The van der Waals surface area contributed by atoms with Crippen LogP contribution in [0.2, 0.25) is 0 Å². The number of halogens is 1. The zero-order valence-corrected chi connectivity index (χ0v) is 15.9. The Labute approximate surface area is 149 Å². The van der Waals surface area contributed by atoms with Gasteiger partial charge >= 0.3 is 0 Å². The number of hydrogen-bond donors (Lipinski definition) is 2. The second-order valence-electron chi connectivity index (χ2n) is 5.28. The molecule has 2 aromatic rings. The van der Waals surface area contributed by atoms with Crippen molar-refractivity contribution in [3.05, 3.63) is 46.8 Å². The maximum Gasteiger partial charge on any atom is 0.193 e. The summed E-state index contributed by atoms with van der Waals surface area (Å²) >= 11 is 0. The average molecular weight is 413 g/mol. The molecule has 0 fully saturated rings. The number of nitrogens with two attached hydrogens (primary N) is 1. The Morgan fingerprint density at radius 3 is 2.41 bits per heavy atom. The number of aromatic nitrogens is 2. The van der Waals surface area contributed by atoms with Crippen molar-refractivity contribution in [1.82, 2.24) is 9.78 Å². The number of nitrogens with one attached hydrogen (secondary N) is 1. The molecule has 1 aromatic heterocycles. The number of rotatable bonds is 4. The topological polar surface area (TPSA) is 68.2 Å². The van der Waals surface area contributed by atoms with Gasteiger partial charge in [-0.3, -0.25) is 9.67 Å². The first-order valence-electron chi connectivity index (χ1n) is 7.10. The Kier molecular flexibility index (Phi) is 6.86. The van der Waals surface area contributed by atoms with Crippen LogP contribution >= 0.6 is 24.0 Å².